The maximum absolute atomic E-state index is 12.0. The van der Waals surface area contributed by atoms with E-state index in [1.165, 1.54) is 29.9 Å². The molecule has 1 aromatic rings. The molecular weight excluding hydrogens is 342 g/mol. The fourth-order valence-electron chi connectivity index (χ4n) is 3.41. The number of nitro groups is 1. The van der Waals surface area contributed by atoms with Gasteiger partial charge in [-0.1, -0.05) is 13.3 Å². The molecule has 0 spiro atoms. The highest BCUT2D eigenvalue weighted by molar-refractivity contribution is 7.99. The minimum atomic E-state index is -0.434. The zero-order valence-electron chi connectivity index (χ0n) is 14.3. The van der Waals surface area contributed by atoms with Gasteiger partial charge in [-0.15, -0.1) is 0 Å². The largest absolute Gasteiger partial charge is 0.447 e. The minimum absolute atomic E-state index is 0.00671. The molecule has 2 fully saturated rings. The Morgan fingerprint density at radius 1 is 1.32 bits per heavy atom. The lowest BCUT2D eigenvalue weighted by molar-refractivity contribution is -0.384. The number of nitro benzene ring substituents is 1. The lowest BCUT2D eigenvalue weighted by atomic mass is 10.2. The molecule has 0 saturated carbocycles. The van der Waals surface area contributed by atoms with E-state index in [0.29, 0.717) is 24.1 Å². The van der Waals surface area contributed by atoms with Crippen LogP contribution in [0.25, 0.3) is 0 Å². The van der Waals surface area contributed by atoms with Crippen molar-refractivity contribution in [3.8, 4) is 0 Å². The average Bonchev–Trinajstić information content (AvgIpc) is 2.88. The van der Waals surface area contributed by atoms with E-state index in [2.05, 4.69) is 11.8 Å². The monoisotopic (exact) mass is 365 g/mol. The van der Waals surface area contributed by atoms with Crippen LogP contribution in [0.3, 0.4) is 0 Å². The van der Waals surface area contributed by atoms with Crippen LogP contribution in [0.1, 0.15) is 26.2 Å². The third-order valence-corrected chi connectivity index (χ3v) is 5.78. The fraction of sp³-hybridized carbons (Fsp3) is 0.588. The number of carbonyl (C=O) groups excluding carboxylic acids is 1. The first-order valence-electron chi connectivity index (χ1n) is 8.69. The van der Waals surface area contributed by atoms with E-state index in [0.717, 1.165) is 31.0 Å². The number of amides is 1. The Morgan fingerprint density at radius 3 is 2.84 bits per heavy atom. The number of carbonyl (C=O) groups is 1. The topological polar surface area (TPSA) is 75.9 Å². The summed E-state index contributed by atoms with van der Waals surface area (Å²) in [5.74, 6) is 1.07. The molecule has 1 atom stereocenters. The zero-order valence-corrected chi connectivity index (χ0v) is 15.2. The Labute approximate surface area is 151 Å². The van der Waals surface area contributed by atoms with Gasteiger partial charge in [-0.3, -0.25) is 15.0 Å². The second-order valence-corrected chi connectivity index (χ2v) is 7.79. The maximum Gasteiger partial charge on any atom is 0.414 e. The molecule has 3 rings (SSSR count). The molecule has 136 valence electrons. The Balaban J connectivity index is 1.95. The number of ether oxygens (including phenoxy) is 1. The summed E-state index contributed by atoms with van der Waals surface area (Å²) in [5, 5.41) is 11.7. The van der Waals surface area contributed by atoms with Crippen molar-refractivity contribution in [1.82, 2.24) is 0 Å². The van der Waals surface area contributed by atoms with Crippen molar-refractivity contribution >= 4 is 34.9 Å². The highest BCUT2D eigenvalue weighted by atomic mass is 32.2. The number of nitrogens with zero attached hydrogens (tertiary/aromatic N) is 3. The lowest BCUT2D eigenvalue weighted by Gasteiger charge is -2.29. The Morgan fingerprint density at radius 2 is 2.16 bits per heavy atom. The van der Waals surface area contributed by atoms with Gasteiger partial charge in [-0.2, -0.15) is 11.8 Å². The molecule has 1 unspecified atom stereocenters. The van der Waals surface area contributed by atoms with Crippen LogP contribution >= 0.6 is 11.8 Å². The summed E-state index contributed by atoms with van der Waals surface area (Å²) in [6.45, 7) is 4.70. The van der Waals surface area contributed by atoms with Gasteiger partial charge in [0.25, 0.3) is 5.69 Å². The van der Waals surface area contributed by atoms with Gasteiger partial charge in [0, 0.05) is 30.5 Å². The van der Waals surface area contributed by atoms with E-state index < -0.39 is 11.0 Å². The van der Waals surface area contributed by atoms with Crippen molar-refractivity contribution < 1.29 is 14.5 Å². The van der Waals surface area contributed by atoms with Gasteiger partial charge in [0.1, 0.15) is 6.61 Å². The van der Waals surface area contributed by atoms with Gasteiger partial charge >= 0.3 is 6.09 Å². The maximum atomic E-state index is 12.0. The van der Waals surface area contributed by atoms with Crippen molar-refractivity contribution in [3.05, 3.63) is 28.3 Å². The van der Waals surface area contributed by atoms with E-state index in [-0.39, 0.29) is 5.69 Å². The molecule has 2 aliphatic rings. The molecule has 1 aromatic carbocycles. The number of non-ortho nitro benzene ring substituents is 1. The van der Waals surface area contributed by atoms with Gasteiger partial charge in [0.2, 0.25) is 0 Å². The first-order chi connectivity index (χ1) is 12.1. The standard InChI is InChI=1S/C17H23N3O4S/c1-2-25-14-5-3-4-8-18(12-14)15-7-6-13(20(22)23)11-16(15)19-9-10-24-17(19)21/h6-7,11,14H,2-5,8-10,12H2,1H3. The van der Waals surface area contributed by atoms with E-state index >= 15 is 0 Å². The molecule has 8 heteroatoms. The first kappa shape index (κ1) is 17.8. The number of thioether (sulfide) groups is 1. The molecule has 0 radical (unpaired) electrons. The number of benzene rings is 1. The minimum Gasteiger partial charge on any atom is -0.447 e. The quantitative estimate of drug-likeness (QED) is 0.585. The van der Waals surface area contributed by atoms with Crippen LogP contribution in [0, 0.1) is 10.1 Å². The molecule has 0 bridgehead atoms. The van der Waals surface area contributed by atoms with Gasteiger partial charge in [-0.05, 0) is 24.7 Å². The van der Waals surface area contributed by atoms with Crippen LogP contribution in [-0.4, -0.2) is 48.3 Å². The van der Waals surface area contributed by atoms with Crippen LogP contribution in [0.5, 0.6) is 0 Å². The summed E-state index contributed by atoms with van der Waals surface area (Å²) in [6.07, 6.45) is 3.02. The number of anilines is 2. The predicted octanol–water partition coefficient (Wildman–Crippen LogP) is 3.66. The number of cyclic esters (lactones) is 1. The van der Waals surface area contributed by atoms with Gasteiger partial charge in [-0.25, -0.2) is 4.79 Å². The van der Waals surface area contributed by atoms with Crippen LogP contribution in [0.4, 0.5) is 21.9 Å². The van der Waals surface area contributed by atoms with Crippen molar-refractivity contribution in [2.24, 2.45) is 0 Å². The SMILES string of the molecule is CCSC1CCCCN(c2ccc([N+](=O)[O-])cc2N2CCOC2=O)C1. The Kier molecular flexibility index (Phi) is 5.67. The highest BCUT2D eigenvalue weighted by Crippen LogP contribution is 2.37. The molecule has 0 aromatic heterocycles. The van der Waals surface area contributed by atoms with Crippen LogP contribution in [-0.2, 0) is 4.74 Å². The molecular formula is C17H23N3O4S. The first-order valence-corrected chi connectivity index (χ1v) is 9.74. The lowest BCUT2D eigenvalue weighted by Crippen LogP contribution is -2.32. The zero-order chi connectivity index (χ0) is 17.8. The summed E-state index contributed by atoms with van der Waals surface area (Å²) in [7, 11) is 0. The molecule has 0 aliphatic carbocycles. The second-order valence-electron chi connectivity index (χ2n) is 6.22. The molecule has 2 saturated heterocycles. The third kappa shape index (κ3) is 4.00. The summed E-state index contributed by atoms with van der Waals surface area (Å²) in [6, 6.07) is 4.79. The summed E-state index contributed by atoms with van der Waals surface area (Å²) < 4.78 is 5.04. The van der Waals surface area contributed by atoms with Crippen molar-refractivity contribution in [1.29, 1.82) is 0 Å². The normalized spacial score (nSPS) is 21.2. The number of hydrogen-bond acceptors (Lipinski definition) is 6. The molecule has 1 amide bonds. The van der Waals surface area contributed by atoms with Gasteiger partial charge < -0.3 is 9.64 Å². The van der Waals surface area contributed by atoms with Crippen molar-refractivity contribution in [2.45, 2.75) is 31.4 Å². The van der Waals surface area contributed by atoms with Crippen LogP contribution in [0.15, 0.2) is 18.2 Å². The fourth-order valence-corrected chi connectivity index (χ4v) is 4.50. The smallest absolute Gasteiger partial charge is 0.414 e. The van der Waals surface area contributed by atoms with Gasteiger partial charge in [0.05, 0.1) is 22.8 Å². The summed E-state index contributed by atoms with van der Waals surface area (Å²) >= 11 is 1.96. The van der Waals surface area contributed by atoms with E-state index in [9.17, 15) is 14.9 Å². The second kappa shape index (κ2) is 7.95. The summed E-state index contributed by atoms with van der Waals surface area (Å²) in [5.41, 5.74) is 1.46. The van der Waals surface area contributed by atoms with Crippen molar-refractivity contribution in [2.75, 3.05) is 41.8 Å². The molecule has 25 heavy (non-hydrogen) atoms. The predicted molar refractivity (Wildman–Crippen MR) is 99.8 cm³/mol. The average molecular weight is 365 g/mol. The third-order valence-electron chi connectivity index (χ3n) is 4.59. The Hall–Kier alpha value is -1.96. The van der Waals surface area contributed by atoms with Crippen LogP contribution in [0.2, 0.25) is 0 Å². The summed E-state index contributed by atoms with van der Waals surface area (Å²) in [4.78, 5) is 26.6. The van der Waals surface area contributed by atoms with Gasteiger partial charge in [0.15, 0.2) is 0 Å². The molecule has 7 nitrogen and oxygen atoms in total. The van der Waals surface area contributed by atoms with E-state index in [4.69, 9.17) is 4.74 Å². The van der Waals surface area contributed by atoms with Crippen LogP contribution < -0.4 is 9.80 Å². The molecule has 2 aliphatic heterocycles. The molecule has 2 heterocycles. The van der Waals surface area contributed by atoms with Crippen molar-refractivity contribution in [3.63, 3.8) is 0 Å². The number of rotatable bonds is 5. The number of hydrogen-bond donors (Lipinski definition) is 0. The van der Waals surface area contributed by atoms with E-state index in [1.54, 1.807) is 6.07 Å². The highest BCUT2D eigenvalue weighted by Gasteiger charge is 2.30. The van der Waals surface area contributed by atoms with E-state index in [1.807, 2.05) is 11.8 Å². The molecule has 0 N–H and O–H groups in total. The Bertz CT molecular complexity index is 655.